The molecule has 0 saturated carbocycles. The van der Waals surface area contributed by atoms with Gasteiger partial charge >= 0.3 is 10.2 Å². The predicted octanol–water partition coefficient (Wildman–Crippen LogP) is 2.35. The third kappa shape index (κ3) is 5.22. The Labute approximate surface area is 186 Å². The van der Waals surface area contributed by atoms with Crippen LogP contribution in [0.4, 0.5) is 15.3 Å². The van der Waals surface area contributed by atoms with Crippen LogP contribution >= 0.6 is 0 Å². The molecule has 0 bridgehead atoms. The second-order valence-electron chi connectivity index (χ2n) is 7.99. The zero-order chi connectivity index (χ0) is 23.7. The molecule has 2 aromatic carbocycles. The van der Waals surface area contributed by atoms with Crippen LogP contribution in [0, 0.1) is 5.92 Å². The molecule has 5 N–H and O–H groups in total. The molecule has 0 saturated heterocycles. The number of hydrogen-bond donors (Lipinski definition) is 3. The molecule has 0 radical (unpaired) electrons. The van der Waals surface area contributed by atoms with Crippen molar-refractivity contribution >= 4 is 39.4 Å². The molecular weight excluding hydrogens is 435 g/mol. The Morgan fingerprint density at radius 3 is 2.25 bits per heavy atom. The van der Waals surface area contributed by atoms with Gasteiger partial charge in [0.05, 0.1) is 4.90 Å². The van der Waals surface area contributed by atoms with Crippen LogP contribution in [0.3, 0.4) is 0 Å². The number of halogens is 1. The van der Waals surface area contributed by atoms with Gasteiger partial charge in [0.2, 0.25) is 17.8 Å². The van der Waals surface area contributed by atoms with Crippen molar-refractivity contribution in [3.63, 3.8) is 0 Å². The smallest absolute Gasteiger partial charge is 0.332 e. The number of hydrogen-bond acceptors (Lipinski definition) is 8. The summed E-state index contributed by atoms with van der Waals surface area (Å²) < 4.78 is 34.7. The quantitative estimate of drug-likeness (QED) is 0.565. The summed E-state index contributed by atoms with van der Waals surface area (Å²) in [6.07, 6.45) is 0.473. The van der Waals surface area contributed by atoms with Crippen LogP contribution in [0.1, 0.15) is 26.3 Å². The molecule has 1 aliphatic rings. The number of nitrogens with two attached hydrogens (primary N) is 2. The van der Waals surface area contributed by atoms with E-state index in [1.54, 1.807) is 11.8 Å². The number of rotatable bonds is 6. The number of nitrogens with one attached hydrogen (secondary N) is 1. The van der Waals surface area contributed by atoms with Gasteiger partial charge in [-0.25, -0.2) is 4.99 Å². The van der Waals surface area contributed by atoms with E-state index in [2.05, 4.69) is 15.3 Å². The van der Waals surface area contributed by atoms with E-state index in [-0.39, 0.29) is 23.7 Å². The van der Waals surface area contributed by atoms with Crippen molar-refractivity contribution in [3.8, 4) is 0 Å². The van der Waals surface area contributed by atoms with E-state index in [4.69, 9.17) is 11.5 Å². The highest BCUT2D eigenvalue weighted by molar-refractivity contribution is 7.86. The number of guanidine groups is 2. The summed E-state index contributed by atoms with van der Waals surface area (Å²) in [6, 6.07) is 12.4. The Morgan fingerprint density at radius 2 is 1.72 bits per heavy atom. The first-order valence-corrected chi connectivity index (χ1v) is 11.2. The van der Waals surface area contributed by atoms with Gasteiger partial charge in [-0.1, -0.05) is 19.1 Å². The number of nitrogens with zero attached hydrogens (tertiary/aromatic N) is 3. The molecule has 0 spiro atoms. The molecule has 2 aromatic rings. The summed E-state index contributed by atoms with van der Waals surface area (Å²) in [4.78, 5) is 22.2. The van der Waals surface area contributed by atoms with E-state index in [0.717, 1.165) is 23.4 Å². The van der Waals surface area contributed by atoms with Crippen LogP contribution in [-0.2, 0) is 21.4 Å². The topological polar surface area (TPSA) is 143 Å². The lowest BCUT2D eigenvalue weighted by Gasteiger charge is -2.38. The highest BCUT2D eigenvalue weighted by Gasteiger charge is 2.32. The fraction of sp³-hybridized carbons (Fsp3) is 0.286. The average Bonchev–Trinajstić information content (AvgIpc) is 2.67. The molecule has 1 unspecified atom stereocenters. The molecule has 0 fully saturated rings. The fourth-order valence-electron chi connectivity index (χ4n) is 3.44. The average molecular weight is 461 g/mol. The minimum atomic E-state index is -4.78. The number of aliphatic imine (C=N–C) groups is 2. The third-order valence-electron chi connectivity index (χ3n) is 4.98. The molecule has 0 aromatic heterocycles. The van der Waals surface area contributed by atoms with Crippen LogP contribution in [-0.4, -0.2) is 31.9 Å². The number of amides is 1. The highest BCUT2D eigenvalue weighted by atomic mass is 32.3. The summed E-state index contributed by atoms with van der Waals surface area (Å²) in [5.41, 5.74) is 13.2. The lowest BCUT2D eigenvalue weighted by Crippen LogP contribution is -2.54. The Morgan fingerprint density at radius 1 is 1.12 bits per heavy atom. The van der Waals surface area contributed by atoms with E-state index in [1.165, 1.54) is 12.1 Å². The predicted molar refractivity (Wildman–Crippen MR) is 122 cm³/mol. The van der Waals surface area contributed by atoms with E-state index < -0.39 is 20.8 Å². The minimum Gasteiger partial charge on any atom is -0.369 e. The minimum absolute atomic E-state index is 0.126. The number of benzene rings is 2. The lowest BCUT2D eigenvalue weighted by molar-refractivity contribution is -0.119. The number of carbonyl (C=O) groups excluding carboxylic acids is 1. The SMILES string of the molecule is CC(Cc1ccc(N2C(N)=NC(N)=NC2(C)C)cc1)C(=O)Nc1ccc(S(=O)(=O)F)cc1. The monoisotopic (exact) mass is 460 g/mol. The number of carbonyl (C=O) groups is 1. The molecule has 32 heavy (non-hydrogen) atoms. The van der Waals surface area contributed by atoms with Crippen molar-refractivity contribution in [3.05, 3.63) is 54.1 Å². The molecule has 1 atom stereocenters. The van der Waals surface area contributed by atoms with Crippen molar-refractivity contribution < 1.29 is 17.1 Å². The maximum absolute atomic E-state index is 13.0. The number of anilines is 2. The van der Waals surface area contributed by atoms with E-state index in [9.17, 15) is 17.1 Å². The first-order valence-electron chi connectivity index (χ1n) is 9.81. The summed E-state index contributed by atoms with van der Waals surface area (Å²) in [6.45, 7) is 5.52. The fourth-order valence-corrected chi connectivity index (χ4v) is 3.91. The zero-order valence-electron chi connectivity index (χ0n) is 17.9. The van der Waals surface area contributed by atoms with Crippen LogP contribution in [0.25, 0.3) is 0 Å². The van der Waals surface area contributed by atoms with Crippen molar-refractivity contribution in [2.45, 2.75) is 37.8 Å². The van der Waals surface area contributed by atoms with Crippen molar-refractivity contribution in [2.75, 3.05) is 10.2 Å². The zero-order valence-corrected chi connectivity index (χ0v) is 18.7. The molecule has 1 heterocycles. The largest absolute Gasteiger partial charge is 0.369 e. The Kier molecular flexibility index (Phi) is 6.22. The first-order chi connectivity index (χ1) is 14.9. The van der Waals surface area contributed by atoms with Crippen LogP contribution in [0.5, 0.6) is 0 Å². The Hall–Kier alpha value is -3.47. The molecule has 170 valence electrons. The van der Waals surface area contributed by atoms with Gasteiger partial charge in [0, 0.05) is 17.3 Å². The van der Waals surface area contributed by atoms with Gasteiger partial charge in [-0.2, -0.15) is 13.4 Å². The van der Waals surface area contributed by atoms with Crippen LogP contribution in [0.2, 0.25) is 0 Å². The van der Waals surface area contributed by atoms with Gasteiger partial charge in [0.25, 0.3) is 0 Å². The van der Waals surface area contributed by atoms with E-state index in [1.807, 2.05) is 38.1 Å². The maximum atomic E-state index is 13.0. The van der Waals surface area contributed by atoms with Gasteiger partial charge in [0.15, 0.2) is 0 Å². The molecule has 3 rings (SSSR count). The van der Waals surface area contributed by atoms with Crippen molar-refractivity contribution in [2.24, 2.45) is 27.4 Å². The van der Waals surface area contributed by atoms with Gasteiger partial charge in [0.1, 0.15) is 5.66 Å². The van der Waals surface area contributed by atoms with Gasteiger partial charge in [-0.05, 0) is 62.2 Å². The second kappa shape index (κ2) is 8.58. The van der Waals surface area contributed by atoms with E-state index in [0.29, 0.717) is 12.1 Å². The summed E-state index contributed by atoms with van der Waals surface area (Å²) >= 11 is 0. The first kappa shape index (κ1) is 23.2. The second-order valence-corrected chi connectivity index (χ2v) is 9.34. The van der Waals surface area contributed by atoms with Gasteiger partial charge in [-0.15, -0.1) is 3.89 Å². The van der Waals surface area contributed by atoms with Crippen LogP contribution < -0.4 is 21.7 Å². The Bertz CT molecular complexity index is 1180. The molecule has 0 aliphatic carbocycles. The van der Waals surface area contributed by atoms with Crippen LogP contribution in [0.15, 0.2) is 63.4 Å². The Balaban J connectivity index is 1.65. The van der Waals surface area contributed by atoms with Crippen molar-refractivity contribution in [1.82, 2.24) is 0 Å². The standard InChI is InChI=1S/C21H25FN6O3S/c1-13(18(29)25-15-6-10-17(11-7-15)32(22,30)31)12-14-4-8-16(9-5-14)28-20(24)26-19(23)27-21(28,2)3/h4-11,13H,12H2,1-3H3,(H,25,29)(H4,23,24,26,27). The normalized spacial score (nSPS) is 16.7. The summed E-state index contributed by atoms with van der Waals surface area (Å²) in [5.74, 6) is -0.244. The molecule has 9 nitrogen and oxygen atoms in total. The third-order valence-corrected chi connectivity index (χ3v) is 5.82. The molecule has 11 heteroatoms. The molecule has 1 amide bonds. The van der Waals surface area contributed by atoms with Crippen molar-refractivity contribution in [1.29, 1.82) is 0 Å². The highest BCUT2D eigenvalue weighted by Crippen LogP contribution is 2.28. The maximum Gasteiger partial charge on any atom is 0.332 e. The molecular formula is C21H25FN6O3S. The molecule has 1 aliphatic heterocycles. The van der Waals surface area contributed by atoms with Gasteiger partial charge in [-0.3, -0.25) is 9.69 Å². The van der Waals surface area contributed by atoms with Gasteiger partial charge < -0.3 is 16.8 Å². The summed E-state index contributed by atoms with van der Waals surface area (Å²) in [5, 5.41) is 2.70. The van der Waals surface area contributed by atoms with E-state index >= 15 is 0 Å². The summed E-state index contributed by atoms with van der Waals surface area (Å²) in [7, 11) is -4.78. The lowest BCUT2D eigenvalue weighted by atomic mass is 9.99.